The van der Waals surface area contributed by atoms with Gasteiger partial charge in [-0.15, -0.1) is 0 Å². The number of methoxy groups -OCH3 is 1. The summed E-state index contributed by atoms with van der Waals surface area (Å²) in [6.07, 6.45) is 0.0845. The fraction of sp³-hybridized carbons (Fsp3) is 0.800. The van der Waals surface area contributed by atoms with Gasteiger partial charge in [-0.1, -0.05) is 0 Å². The average Bonchev–Trinajstić information content (AvgIpc) is 2.10. The molecule has 1 N–H and O–H groups in total. The molecule has 18 heavy (non-hydrogen) atoms. The molecule has 0 fully saturated rings. The van der Waals surface area contributed by atoms with Crippen LogP contribution < -0.4 is 5.32 Å². The molecule has 1 atom stereocenters. The number of carbonyl (C=O) groups is 2. The van der Waals surface area contributed by atoms with Crippen LogP contribution in [-0.4, -0.2) is 51.2 Å². The zero-order valence-corrected chi connectivity index (χ0v) is 12.0. The highest BCUT2D eigenvalue weighted by Crippen LogP contribution is 2.07. The molecule has 0 spiro atoms. The molecule has 0 aromatic rings. The first-order chi connectivity index (χ1) is 7.94. The van der Waals surface area contributed by atoms with Crippen molar-refractivity contribution < 1.29 is 27.5 Å². The van der Waals surface area contributed by atoms with Gasteiger partial charge in [0.15, 0.2) is 0 Å². The molecular weight excluding hydrogens is 262 g/mol. The van der Waals surface area contributed by atoms with Gasteiger partial charge in [-0.3, -0.25) is 0 Å². The van der Waals surface area contributed by atoms with E-state index >= 15 is 0 Å². The monoisotopic (exact) mass is 281 g/mol. The van der Waals surface area contributed by atoms with Crippen LogP contribution in [0.2, 0.25) is 0 Å². The second kappa shape index (κ2) is 6.03. The molecule has 0 aromatic heterocycles. The summed E-state index contributed by atoms with van der Waals surface area (Å²) in [6, 6.07) is -1.28. The van der Waals surface area contributed by atoms with Gasteiger partial charge in [0.05, 0.1) is 12.9 Å². The number of carbonyl (C=O) groups excluding carboxylic acids is 2. The molecule has 0 aliphatic rings. The number of hydrogen-bond donors (Lipinski definition) is 1. The summed E-state index contributed by atoms with van der Waals surface area (Å²) in [5.74, 6) is -1.38. The summed E-state index contributed by atoms with van der Waals surface area (Å²) in [6.45, 7) is 4.95. The molecule has 0 radical (unpaired) electrons. The fourth-order valence-corrected chi connectivity index (χ4v) is 1.89. The minimum Gasteiger partial charge on any atom is -0.467 e. The highest BCUT2D eigenvalue weighted by molar-refractivity contribution is 7.90. The standard InChI is InChI=1S/C10H19NO6S/c1-10(2,3)17-9(13)11-7(8(12)16-4)6-18(5,14)15/h7H,6H2,1-5H3,(H,11,13). The number of nitrogens with one attached hydrogen (secondary N) is 1. The SMILES string of the molecule is COC(=O)C(CS(C)(=O)=O)NC(=O)OC(C)(C)C. The molecule has 0 rings (SSSR count). The van der Waals surface area contributed by atoms with E-state index in [1.54, 1.807) is 20.8 Å². The smallest absolute Gasteiger partial charge is 0.408 e. The molecule has 7 nitrogen and oxygen atoms in total. The maximum Gasteiger partial charge on any atom is 0.408 e. The van der Waals surface area contributed by atoms with Gasteiger partial charge in [0, 0.05) is 6.26 Å². The summed E-state index contributed by atoms with van der Waals surface area (Å²) < 4.78 is 31.6. The number of esters is 1. The number of amides is 1. The fourth-order valence-electron chi connectivity index (χ4n) is 1.06. The predicted octanol–water partition coefficient (Wildman–Crippen LogP) is 0.0973. The Labute approximate surface area is 107 Å². The summed E-state index contributed by atoms with van der Waals surface area (Å²) >= 11 is 0. The highest BCUT2D eigenvalue weighted by atomic mass is 32.2. The molecule has 0 aliphatic heterocycles. The third-order valence-electron chi connectivity index (χ3n) is 1.65. The van der Waals surface area contributed by atoms with Gasteiger partial charge in [0.1, 0.15) is 21.5 Å². The van der Waals surface area contributed by atoms with Crippen LogP contribution in [0.5, 0.6) is 0 Å². The molecule has 106 valence electrons. The molecule has 0 saturated heterocycles. The van der Waals surface area contributed by atoms with Crippen LogP contribution in [0.15, 0.2) is 0 Å². The van der Waals surface area contributed by atoms with Crippen LogP contribution in [0, 0.1) is 0 Å². The molecule has 0 bridgehead atoms. The van der Waals surface area contributed by atoms with E-state index in [-0.39, 0.29) is 0 Å². The van der Waals surface area contributed by atoms with Crippen LogP contribution in [0.1, 0.15) is 20.8 Å². The molecule has 1 unspecified atom stereocenters. The topological polar surface area (TPSA) is 98.8 Å². The van der Waals surface area contributed by atoms with Gasteiger partial charge >= 0.3 is 12.1 Å². The Morgan fingerprint density at radius 3 is 2.11 bits per heavy atom. The van der Waals surface area contributed by atoms with Crippen molar-refractivity contribution in [2.75, 3.05) is 19.1 Å². The van der Waals surface area contributed by atoms with Crippen molar-refractivity contribution in [3.63, 3.8) is 0 Å². The Balaban J connectivity index is 4.71. The third-order valence-corrected chi connectivity index (χ3v) is 2.58. The number of rotatable bonds is 4. The van der Waals surface area contributed by atoms with Gasteiger partial charge in [-0.2, -0.15) is 0 Å². The van der Waals surface area contributed by atoms with Gasteiger partial charge in [0.2, 0.25) is 0 Å². The van der Waals surface area contributed by atoms with Crippen molar-refractivity contribution in [2.24, 2.45) is 0 Å². The summed E-state index contributed by atoms with van der Waals surface area (Å²) in [5, 5.41) is 2.17. The van der Waals surface area contributed by atoms with E-state index in [1.807, 2.05) is 0 Å². The van der Waals surface area contributed by atoms with Gasteiger partial charge in [0.25, 0.3) is 0 Å². The van der Waals surface area contributed by atoms with Crippen LogP contribution >= 0.6 is 0 Å². The maximum absolute atomic E-state index is 11.4. The first-order valence-electron chi connectivity index (χ1n) is 5.19. The second-order valence-electron chi connectivity index (χ2n) is 4.81. The average molecular weight is 281 g/mol. The van der Waals surface area contributed by atoms with Crippen molar-refractivity contribution in [1.29, 1.82) is 0 Å². The Bertz CT molecular complexity index is 409. The number of sulfone groups is 1. The van der Waals surface area contributed by atoms with E-state index in [0.29, 0.717) is 0 Å². The first kappa shape index (κ1) is 16.7. The van der Waals surface area contributed by atoms with Crippen molar-refractivity contribution in [3.05, 3.63) is 0 Å². The summed E-state index contributed by atoms with van der Waals surface area (Å²) in [4.78, 5) is 22.8. The normalized spacial score (nSPS) is 13.6. The zero-order valence-electron chi connectivity index (χ0n) is 11.1. The largest absolute Gasteiger partial charge is 0.467 e. The lowest BCUT2D eigenvalue weighted by molar-refractivity contribution is -0.142. The van der Waals surface area contributed by atoms with Crippen LogP contribution in [0.4, 0.5) is 4.79 Å². The van der Waals surface area contributed by atoms with E-state index in [0.717, 1.165) is 13.4 Å². The Morgan fingerprint density at radius 1 is 1.28 bits per heavy atom. The number of ether oxygens (including phenoxy) is 2. The van der Waals surface area contributed by atoms with E-state index < -0.39 is 39.3 Å². The number of hydrogen-bond acceptors (Lipinski definition) is 6. The van der Waals surface area contributed by atoms with Crippen LogP contribution in [0.3, 0.4) is 0 Å². The second-order valence-corrected chi connectivity index (χ2v) is 7.00. The van der Waals surface area contributed by atoms with Crippen molar-refractivity contribution in [1.82, 2.24) is 5.32 Å². The highest BCUT2D eigenvalue weighted by Gasteiger charge is 2.28. The summed E-state index contributed by atoms with van der Waals surface area (Å²) in [7, 11) is -2.33. The quantitative estimate of drug-likeness (QED) is 0.734. The van der Waals surface area contributed by atoms with Crippen molar-refractivity contribution >= 4 is 21.9 Å². The Hall–Kier alpha value is -1.31. The minimum atomic E-state index is -3.44. The molecule has 0 heterocycles. The molecule has 8 heteroatoms. The van der Waals surface area contributed by atoms with E-state index in [4.69, 9.17) is 4.74 Å². The van der Waals surface area contributed by atoms with E-state index in [2.05, 4.69) is 10.1 Å². The predicted molar refractivity (Wildman–Crippen MR) is 64.9 cm³/mol. The van der Waals surface area contributed by atoms with Gasteiger partial charge in [-0.05, 0) is 20.8 Å². The van der Waals surface area contributed by atoms with E-state index in [9.17, 15) is 18.0 Å². The Kier molecular flexibility index (Phi) is 5.59. The minimum absolute atomic E-state index is 0.543. The van der Waals surface area contributed by atoms with Crippen molar-refractivity contribution in [3.8, 4) is 0 Å². The molecule has 0 saturated carbocycles. The third kappa shape index (κ3) is 7.88. The zero-order chi connectivity index (χ0) is 14.6. The van der Waals surface area contributed by atoms with Crippen LogP contribution in [0.25, 0.3) is 0 Å². The lowest BCUT2D eigenvalue weighted by atomic mass is 10.2. The molecule has 0 aliphatic carbocycles. The maximum atomic E-state index is 11.4. The lowest BCUT2D eigenvalue weighted by Crippen LogP contribution is -2.47. The number of alkyl carbamates (subject to hydrolysis) is 1. The Morgan fingerprint density at radius 2 is 1.78 bits per heavy atom. The molecule has 0 aromatic carbocycles. The van der Waals surface area contributed by atoms with Crippen LogP contribution in [-0.2, 0) is 24.1 Å². The molecule has 1 amide bonds. The lowest BCUT2D eigenvalue weighted by Gasteiger charge is -2.22. The van der Waals surface area contributed by atoms with Gasteiger partial charge < -0.3 is 14.8 Å². The van der Waals surface area contributed by atoms with Gasteiger partial charge in [-0.25, -0.2) is 18.0 Å². The molecular formula is C10H19NO6S. The summed E-state index contributed by atoms with van der Waals surface area (Å²) in [5.41, 5.74) is -0.740. The van der Waals surface area contributed by atoms with Crippen molar-refractivity contribution in [2.45, 2.75) is 32.4 Å². The first-order valence-corrected chi connectivity index (χ1v) is 7.26. The van der Waals surface area contributed by atoms with E-state index in [1.165, 1.54) is 0 Å².